The van der Waals surface area contributed by atoms with Gasteiger partial charge in [-0.15, -0.1) is 0 Å². The van der Waals surface area contributed by atoms with Crippen LogP contribution in [0.4, 0.5) is 0 Å². The van der Waals surface area contributed by atoms with Gasteiger partial charge in [0.25, 0.3) is 0 Å². The van der Waals surface area contributed by atoms with Crippen molar-refractivity contribution in [2.45, 2.75) is 18.9 Å². The Bertz CT molecular complexity index is 1110. The first-order valence-electron chi connectivity index (χ1n) is 9.60. The van der Waals surface area contributed by atoms with E-state index in [1.807, 2.05) is 44.6 Å². The Hall–Kier alpha value is -1.04. The van der Waals surface area contributed by atoms with Gasteiger partial charge in [-0.25, -0.2) is 4.57 Å². The van der Waals surface area contributed by atoms with E-state index in [9.17, 15) is 4.57 Å². The largest absolute Gasteiger partial charge is 0.439 e. The third kappa shape index (κ3) is 4.31. The molecule has 9 heteroatoms. The van der Waals surface area contributed by atoms with Crippen LogP contribution in [0.15, 0.2) is 42.6 Å². The lowest BCUT2D eigenvalue weighted by atomic mass is 10.1. The van der Waals surface area contributed by atoms with E-state index in [1.165, 1.54) is 0 Å². The quantitative estimate of drug-likeness (QED) is 0.292. The number of hydrogen-bond acceptors (Lipinski definition) is 4. The Labute approximate surface area is 191 Å². The van der Waals surface area contributed by atoms with Crippen LogP contribution in [0.1, 0.15) is 23.7 Å². The minimum atomic E-state index is -3.62. The highest BCUT2D eigenvalue weighted by Gasteiger charge is 2.38. The van der Waals surface area contributed by atoms with E-state index in [0.717, 1.165) is 35.0 Å². The van der Waals surface area contributed by atoms with E-state index >= 15 is 0 Å². The highest BCUT2D eigenvalue weighted by atomic mass is 35.5. The lowest BCUT2D eigenvalue weighted by Gasteiger charge is -2.31. The van der Waals surface area contributed by atoms with E-state index in [1.54, 1.807) is 16.5 Å². The molecule has 5 nitrogen and oxygen atoms in total. The number of para-hydroxylation sites is 1. The number of likely N-dealkylation sites (N-methyl/N-ethyl adjacent to an activating group) is 1. The highest BCUT2D eigenvalue weighted by molar-refractivity contribution is 7.52. The molecule has 0 spiro atoms. The fourth-order valence-corrected chi connectivity index (χ4v) is 6.10. The van der Waals surface area contributed by atoms with Crippen LogP contribution in [0.5, 0.6) is 0 Å². The Kier molecular flexibility index (Phi) is 6.53. The van der Waals surface area contributed by atoms with Gasteiger partial charge < -0.3 is 4.90 Å². The maximum Gasteiger partial charge on any atom is 0.439 e. The van der Waals surface area contributed by atoms with Gasteiger partial charge in [-0.2, -0.15) is 0 Å². The molecule has 1 aliphatic heterocycles. The van der Waals surface area contributed by atoms with Crippen molar-refractivity contribution < 1.29 is 13.6 Å². The maximum atomic E-state index is 13.8. The Morgan fingerprint density at radius 3 is 2.57 bits per heavy atom. The molecular formula is C21H22Cl3N2O3P. The molecule has 0 radical (unpaired) electrons. The predicted molar refractivity (Wildman–Crippen MR) is 123 cm³/mol. The van der Waals surface area contributed by atoms with Gasteiger partial charge in [-0.3, -0.25) is 13.4 Å². The molecule has 2 unspecified atom stereocenters. The van der Waals surface area contributed by atoms with Crippen LogP contribution in [0.3, 0.4) is 0 Å². The summed E-state index contributed by atoms with van der Waals surface area (Å²) in [5.74, 6) is 0. The second kappa shape index (κ2) is 8.84. The van der Waals surface area contributed by atoms with Crippen molar-refractivity contribution in [2.24, 2.45) is 0 Å². The van der Waals surface area contributed by atoms with Crippen molar-refractivity contribution in [3.63, 3.8) is 0 Å². The molecule has 0 bridgehead atoms. The summed E-state index contributed by atoms with van der Waals surface area (Å²) < 4.78 is 27.3. The standard InChI is InChI=1S/C21H22Cl3N2O3P/c1-25(2)9-7-14-13-26(19-6-4-3-5-16(14)19)30(27)28-10-8-20(29-30)15-11-17(22)21(24)18(23)12-15/h3-6,11-13,20H,7-10H2,1-2H3. The number of rotatable bonds is 5. The van der Waals surface area contributed by atoms with Crippen LogP contribution in [0.2, 0.25) is 15.1 Å². The van der Waals surface area contributed by atoms with Gasteiger partial charge in [0.1, 0.15) is 0 Å². The molecule has 0 aliphatic carbocycles. The third-order valence-corrected chi connectivity index (χ3v) is 8.23. The molecule has 2 heterocycles. The number of halogens is 3. The summed E-state index contributed by atoms with van der Waals surface area (Å²) in [6.07, 6.45) is 2.78. The van der Waals surface area contributed by atoms with Crippen LogP contribution in [0.25, 0.3) is 10.9 Å². The molecule has 30 heavy (non-hydrogen) atoms. The minimum Gasteiger partial charge on any atom is -0.309 e. The minimum absolute atomic E-state index is 0.291. The number of nitrogens with zero attached hydrogens (tertiary/aromatic N) is 2. The van der Waals surface area contributed by atoms with E-state index in [0.29, 0.717) is 28.1 Å². The predicted octanol–water partition coefficient (Wildman–Crippen LogP) is 6.84. The molecule has 0 N–H and O–H groups in total. The lowest BCUT2D eigenvalue weighted by Crippen LogP contribution is -2.17. The van der Waals surface area contributed by atoms with E-state index in [-0.39, 0.29) is 0 Å². The fraction of sp³-hybridized carbons (Fsp3) is 0.333. The van der Waals surface area contributed by atoms with Crippen LogP contribution in [-0.4, -0.2) is 36.5 Å². The van der Waals surface area contributed by atoms with Gasteiger partial charge in [-0.1, -0.05) is 53.0 Å². The molecule has 160 valence electrons. The summed E-state index contributed by atoms with van der Waals surface area (Å²) in [5.41, 5.74) is 2.64. The van der Waals surface area contributed by atoms with Crippen LogP contribution >= 0.6 is 42.5 Å². The average molecular weight is 488 g/mol. The van der Waals surface area contributed by atoms with E-state index in [4.69, 9.17) is 43.9 Å². The molecule has 0 amide bonds. The summed E-state index contributed by atoms with van der Waals surface area (Å²) in [5, 5.41) is 2.00. The monoisotopic (exact) mass is 486 g/mol. The van der Waals surface area contributed by atoms with Crippen molar-refractivity contribution >= 4 is 53.5 Å². The molecule has 2 atom stereocenters. The summed E-state index contributed by atoms with van der Waals surface area (Å²) in [6, 6.07) is 11.3. The Balaban J connectivity index is 1.71. The smallest absolute Gasteiger partial charge is 0.309 e. The first kappa shape index (κ1) is 22.2. The fourth-order valence-electron chi connectivity index (χ4n) is 3.60. The van der Waals surface area contributed by atoms with Crippen LogP contribution in [0, 0.1) is 0 Å². The molecular weight excluding hydrogens is 466 g/mol. The zero-order valence-electron chi connectivity index (χ0n) is 16.6. The molecule has 1 aromatic heterocycles. The third-order valence-electron chi connectivity index (χ3n) is 5.14. The number of fused-ring (bicyclic) bond motifs is 1. The van der Waals surface area contributed by atoms with Gasteiger partial charge in [0, 0.05) is 24.5 Å². The molecule has 1 fully saturated rings. The van der Waals surface area contributed by atoms with Gasteiger partial charge >= 0.3 is 7.75 Å². The SMILES string of the molecule is CN(C)CCc1cn(P2(=O)OCCC(c3cc(Cl)c(Cl)c(Cl)c3)O2)c2ccccc12. The number of hydrogen-bond donors (Lipinski definition) is 0. The van der Waals surface area contributed by atoms with Gasteiger partial charge in [-0.05, 0) is 49.8 Å². The number of aromatic nitrogens is 1. The molecule has 1 aliphatic rings. The van der Waals surface area contributed by atoms with Crippen molar-refractivity contribution in [2.75, 3.05) is 27.2 Å². The normalized spacial score (nSPS) is 22.1. The van der Waals surface area contributed by atoms with Crippen molar-refractivity contribution in [3.05, 3.63) is 68.8 Å². The molecule has 0 saturated carbocycles. The summed E-state index contributed by atoms with van der Waals surface area (Å²) >= 11 is 18.4. The van der Waals surface area contributed by atoms with Gasteiger partial charge in [0.05, 0.1) is 33.3 Å². The van der Waals surface area contributed by atoms with E-state index in [2.05, 4.69) is 4.90 Å². The van der Waals surface area contributed by atoms with Gasteiger partial charge in [0.2, 0.25) is 0 Å². The second-order valence-electron chi connectivity index (χ2n) is 7.55. The van der Waals surface area contributed by atoms with Gasteiger partial charge in [0.15, 0.2) is 0 Å². The van der Waals surface area contributed by atoms with Crippen molar-refractivity contribution in [1.29, 1.82) is 0 Å². The topological polar surface area (TPSA) is 43.7 Å². The number of benzene rings is 2. The highest BCUT2D eigenvalue weighted by Crippen LogP contribution is 2.59. The summed E-state index contributed by atoms with van der Waals surface area (Å²) in [7, 11) is 0.441. The van der Waals surface area contributed by atoms with E-state index < -0.39 is 13.9 Å². The molecule has 2 aromatic carbocycles. The zero-order chi connectivity index (χ0) is 21.5. The lowest BCUT2D eigenvalue weighted by molar-refractivity contribution is 0.0771. The second-order valence-corrected chi connectivity index (χ2v) is 10.6. The zero-order valence-corrected chi connectivity index (χ0v) is 19.8. The van der Waals surface area contributed by atoms with Crippen LogP contribution < -0.4 is 0 Å². The van der Waals surface area contributed by atoms with Crippen molar-refractivity contribution in [3.8, 4) is 0 Å². The first-order valence-corrected chi connectivity index (χ1v) is 12.2. The average Bonchev–Trinajstić information content (AvgIpc) is 3.10. The maximum absolute atomic E-state index is 13.8. The first-order chi connectivity index (χ1) is 14.3. The summed E-state index contributed by atoms with van der Waals surface area (Å²) in [4.78, 5) is 2.12. The Morgan fingerprint density at radius 2 is 1.87 bits per heavy atom. The summed E-state index contributed by atoms with van der Waals surface area (Å²) in [6.45, 7) is 1.17. The molecule has 1 saturated heterocycles. The Morgan fingerprint density at radius 1 is 1.17 bits per heavy atom. The molecule has 4 rings (SSSR count). The van der Waals surface area contributed by atoms with Crippen molar-refractivity contribution in [1.82, 2.24) is 9.24 Å². The van der Waals surface area contributed by atoms with Crippen LogP contribution in [-0.2, 0) is 20.0 Å². The molecule has 3 aromatic rings.